The van der Waals surface area contributed by atoms with Gasteiger partial charge in [0.25, 0.3) is 5.56 Å². The lowest BCUT2D eigenvalue weighted by molar-refractivity contribution is -0.121. The highest BCUT2D eigenvalue weighted by Crippen LogP contribution is 2.18. The number of benzene rings is 1. The number of aromatic nitrogens is 3. The van der Waals surface area contributed by atoms with Gasteiger partial charge in [0.15, 0.2) is 0 Å². The molecule has 140 valence electrons. The number of nitrogens with zero attached hydrogens (tertiary/aromatic N) is 2. The summed E-state index contributed by atoms with van der Waals surface area (Å²) in [5, 5.41) is 10.8. The van der Waals surface area contributed by atoms with Crippen LogP contribution in [0.5, 0.6) is 0 Å². The predicted molar refractivity (Wildman–Crippen MR) is 101 cm³/mol. The van der Waals surface area contributed by atoms with Crippen LogP contribution in [0.1, 0.15) is 34.7 Å². The predicted octanol–water partition coefficient (Wildman–Crippen LogP) is 2.60. The Balaban J connectivity index is 1.54. The first-order valence-electron chi connectivity index (χ1n) is 8.78. The molecular formula is C20H22N4O3. The van der Waals surface area contributed by atoms with Crippen molar-refractivity contribution in [3.05, 3.63) is 69.0 Å². The molecule has 0 fully saturated rings. The molecule has 0 atom stereocenters. The summed E-state index contributed by atoms with van der Waals surface area (Å²) >= 11 is 0. The van der Waals surface area contributed by atoms with E-state index in [-0.39, 0.29) is 24.4 Å². The zero-order valence-corrected chi connectivity index (χ0v) is 15.6. The number of hydrogen-bond donors (Lipinski definition) is 2. The van der Waals surface area contributed by atoms with Gasteiger partial charge in [0.05, 0.1) is 0 Å². The van der Waals surface area contributed by atoms with Crippen molar-refractivity contribution in [2.24, 2.45) is 0 Å². The highest BCUT2D eigenvalue weighted by Gasteiger charge is 2.12. The van der Waals surface area contributed by atoms with E-state index in [0.717, 1.165) is 22.4 Å². The van der Waals surface area contributed by atoms with Gasteiger partial charge in [-0.15, -0.1) is 10.2 Å². The Kier molecular flexibility index (Phi) is 5.49. The number of carbonyl (C=O) groups is 1. The minimum Gasteiger partial charge on any atom is -0.421 e. The molecule has 7 heteroatoms. The first-order chi connectivity index (χ1) is 12.9. The molecule has 2 heterocycles. The minimum absolute atomic E-state index is 0.174. The van der Waals surface area contributed by atoms with Crippen LogP contribution in [0.15, 0.2) is 39.5 Å². The van der Waals surface area contributed by atoms with Gasteiger partial charge in [-0.2, -0.15) is 0 Å². The number of rotatable bonds is 6. The molecule has 1 amide bonds. The van der Waals surface area contributed by atoms with Gasteiger partial charge in [-0.05, 0) is 44.5 Å². The average molecular weight is 366 g/mol. The Morgan fingerprint density at radius 1 is 1.15 bits per heavy atom. The first kappa shape index (κ1) is 18.6. The van der Waals surface area contributed by atoms with Gasteiger partial charge in [0.1, 0.15) is 0 Å². The van der Waals surface area contributed by atoms with E-state index in [4.69, 9.17) is 4.42 Å². The highest BCUT2D eigenvalue weighted by molar-refractivity contribution is 5.76. The number of nitrogens with one attached hydrogen (secondary N) is 2. The summed E-state index contributed by atoms with van der Waals surface area (Å²) in [6.45, 7) is 5.88. The fourth-order valence-corrected chi connectivity index (χ4v) is 2.76. The molecule has 3 aromatic rings. The Morgan fingerprint density at radius 2 is 1.89 bits per heavy atom. The molecule has 0 aliphatic heterocycles. The molecule has 27 heavy (non-hydrogen) atoms. The molecule has 0 bridgehead atoms. The summed E-state index contributed by atoms with van der Waals surface area (Å²) < 4.78 is 5.62. The topological polar surface area (TPSA) is 101 Å². The first-order valence-corrected chi connectivity index (χ1v) is 8.78. The third-order valence-corrected chi connectivity index (χ3v) is 4.29. The summed E-state index contributed by atoms with van der Waals surface area (Å²) in [7, 11) is 0. The smallest absolute Gasteiger partial charge is 0.253 e. The Labute approximate surface area is 156 Å². The van der Waals surface area contributed by atoms with E-state index >= 15 is 0 Å². The molecule has 0 spiro atoms. The second-order valence-corrected chi connectivity index (χ2v) is 6.59. The van der Waals surface area contributed by atoms with E-state index in [1.54, 1.807) is 0 Å². The molecule has 3 rings (SSSR count). The zero-order chi connectivity index (χ0) is 19.4. The second-order valence-electron chi connectivity index (χ2n) is 6.59. The van der Waals surface area contributed by atoms with Crippen LogP contribution in [-0.2, 0) is 17.8 Å². The fourth-order valence-electron chi connectivity index (χ4n) is 2.76. The molecule has 0 saturated carbocycles. The monoisotopic (exact) mass is 366 g/mol. The largest absolute Gasteiger partial charge is 0.421 e. The number of pyridine rings is 1. The molecule has 0 radical (unpaired) electrons. The Morgan fingerprint density at radius 3 is 2.59 bits per heavy atom. The zero-order valence-electron chi connectivity index (χ0n) is 15.6. The van der Waals surface area contributed by atoms with E-state index in [0.29, 0.717) is 23.8 Å². The molecule has 1 aromatic carbocycles. The van der Waals surface area contributed by atoms with Gasteiger partial charge in [-0.1, -0.05) is 17.7 Å². The third-order valence-electron chi connectivity index (χ3n) is 4.29. The van der Waals surface area contributed by atoms with Crippen LogP contribution >= 0.6 is 0 Å². The molecular weight excluding hydrogens is 344 g/mol. The van der Waals surface area contributed by atoms with E-state index in [1.807, 2.05) is 51.1 Å². The van der Waals surface area contributed by atoms with Crippen LogP contribution in [0.2, 0.25) is 0 Å². The standard InChI is InChI=1S/C20H22N4O3/c1-12-4-6-15(7-5-12)20-24-23-18(27-20)9-8-17(25)21-11-16-13(2)10-14(3)22-19(16)26/h4-7,10H,8-9,11H2,1-3H3,(H,21,25)(H,22,26). The second kappa shape index (κ2) is 7.99. The summed E-state index contributed by atoms with van der Waals surface area (Å²) in [4.78, 5) is 26.8. The maximum Gasteiger partial charge on any atom is 0.253 e. The summed E-state index contributed by atoms with van der Waals surface area (Å²) in [5.41, 5.74) is 4.04. The van der Waals surface area contributed by atoms with E-state index in [9.17, 15) is 9.59 Å². The number of hydrogen-bond acceptors (Lipinski definition) is 5. The van der Waals surface area contributed by atoms with Crippen LogP contribution in [0.3, 0.4) is 0 Å². The summed E-state index contributed by atoms with van der Waals surface area (Å²) in [6, 6.07) is 9.66. The van der Waals surface area contributed by atoms with Gasteiger partial charge in [-0.3, -0.25) is 9.59 Å². The van der Waals surface area contributed by atoms with E-state index in [1.165, 1.54) is 0 Å². The maximum atomic E-state index is 12.1. The van der Waals surface area contributed by atoms with Gasteiger partial charge in [0, 0.05) is 36.2 Å². The quantitative estimate of drug-likeness (QED) is 0.698. The van der Waals surface area contributed by atoms with Gasteiger partial charge >= 0.3 is 0 Å². The SMILES string of the molecule is Cc1ccc(-c2nnc(CCC(=O)NCc3c(C)cc(C)[nH]c3=O)o2)cc1. The highest BCUT2D eigenvalue weighted by atomic mass is 16.4. The van der Waals surface area contributed by atoms with E-state index < -0.39 is 0 Å². The molecule has 0 saturated heterocycles. The van der Waals surface area contributed by atoms with Gasteiger partial charge in [-0.25, -0.2) is 0 Å². The molecule has 0 aliphatic rings. The van der Waals surface area contributed by atoms with E-state index in [2.05, 4.69) is 20.5 Å². The normalized spacial score (nSPS) is 10.8. The van der Waals surface area contributed by atoms with Crippen molar-refractivity contribution in [1.29, 1.82) is 0 Å². The van der Waals surface area contributed by atoms with Gasteiger partial charge in [0.2, 0.25) is 17.7 Å². The number of amides is 1. The third kappa shape index (κ3) is 4.69. The van der Waals surface area contributed by atoms with Gasteiger partial charge < -0.3 is 14.7 Å². The lowest BCUT2D eigenvalue weighted by Crippen LogP contribution is -2.28. The van der Waals surface area contributed by atoms with Crippen LogP contribution in [0, 0.1) is 20.8 Å². The number of H-pyrrole nitrogens is 1. The average Bonchev–Trinajstić information content (AvgIpc) is 3.08. The summed E-state index contributed by atoms with van der Waals surface area (Å²) in [6.07, 6.45) is 0.548. The molecule has 0 unspecified atom stereocenters. The van der Waals surface area contributed by atoms with Crippen molar-refractivity contribution in [3.63, 3.8) is 0 Å². The maximum absolute atomic E-state index is 12.1. The number of carbonyl (C=O) groups excluding carboxylic acids is 1. The van der Waals surface area contributed by atoms with Crippen molar-refractivity contribution in [1.82, 2.24) is 20.5 Å². The fraction of sp³-hybridized carbons (Fsp3) is 0.300. The van der Waals surface area contributed by atoms with Crippen LogP contribution in [-0.4, -0.2) is 21.1 Å². The molecule has 0 aliphatic carbocycles. The van der Waals surface area contributed by atoms with Crippen LogP contribution in [0.25, 0.3) is 11.5 Å². The van der Waals surface area contributed by atoms with Crippen molar-refractivity contribution in [2.45, 2.75) is 40.2 Å². The van der Waals surface area contributed by atoms with Crippen molar-refractivity contribution >= 4 is 5.91 Å². The Hall–Kier alpha value is -3.22. The Bertz CT molecular complexity index is 1000. The van der Waals surface area contributed by atoms with Crippen molar-refractivity contribution < 1.29 is 9.21 Å². The summed E-state index contributed by atoms with van der Waals surface area (Å²) in [5.74, 6) is 0.668. The van der Waals surface area contributed by atoms with Crippen molar-refractivity contribution in [3.8, 4) is 11.5 Å². The van der Waals surface area contributed by atoms with Crippen molar-refractivity contribution in [2.75, 3.05) is 0 Å². The molecule has 2 N–H and O–H groups in total. The number of aromatic amines is 1. The minimum atomic E-state index is -0.176. The lowest BCUT2D eigenvalue weighted by atomic mass is 10.1. The molecule has 7 nitrogen and oxygen atoms in total. The molecule has 2 aromatic heterocycles. The number of aryl methyl sites for hydroxylation is 4. The van der Waals surface area contributed by atoms with Crippen LogP contribution < -0.4 is 10.9 Å². The lowest BCUT2D eigenvalue weighted by Gasteiger charge is -2.07. The van der Waals surface area contributed by atoms with Crippen LogP contribution in [0.4, 0.5) is 0 Å².